The number of carboxylic acid groups (broad SMARTS) is 1. The molecule has 1 aromatic heterocycles. The largest absolute Gasteiger partial charge is 0.478 e. The summed E-state index contributed by atoms with van der Waals surface area (Å²) in [4.78, 5) is 17.5. The molecule has 0 spiro atoms. The minimum absolute atomic E-state index is 0.230. The Bertz CT molecular complexity index is 674. The zero-order chi connectivity index (χ0) is 14.8. The topological polar surface area (TPSA) is 53.4 Å². The van der Waals surface area contributed by atoms with E-state index in [1.165, 1.54) is 12.3 Å². The maximum atomic E-state index is 13.8. The van der Waals surface area contributed by atoms with Crippen molar-refractivity contribution in [3.8, 4) is 0 Å². The van der Waals surface area contributed by atoms with E-state index in [-0.39, 0.29) is 5.56 Å². The van der Waals surface area contributed by atoms with Gasteiger partial charge in [0.05, 0.1) is 11.1 Å². The number of aromatic carboxylic acids is 1. The van der Waals surface area contributed by atoms with Crippen LogP contribution in [-0.4, -0.2) is 35.3 Å². The molecule has 0 radical (unpaired) electrons. The van der Waals surface area contributed by atoms with Crippen LogP contribution in [0.3, 0.4) is 0 Å². The van der Waals surface area contributed by atoms with Gasteiger partial charge >= 0.3 is 5.97 Å². The highest BCUT2D eigenvalue weighted by Crippen LogP contribution is 2.26. The molecule has 1 N–H and O–H groups in total. The second-order valence-corrected chi connectivity index (χ2v) is 5.40. The summed E-state index contributed by atoms with van der Waals surface area (Å²) in [5.74, 6) is -0.973. The Balaban J connectivity index is 2.03. The number of benzene rings is 1. The predicted molar refractivity (Wildman–Crippen MR) is 79.7 cm³/mol. The lowest BCUT2D eigenvalue weighted by Gasteiger charge is -2.24. The summed E-state index contributed by atoms with van der Waals surface area (Å²) in [6.07, 6.45) is 3.13. The van der Waals surface area contributed by atoms with E-state index in [1.807, 2.05) is 17.0 Å². The quantitative estimate of drug-likeness (QED) is 0.921. The van der Waals surface area contributed by atoms with Crippen molar-refractivity contribution < 1.29 is 14.3 Å². The fourth-order valence-corrected chi connectivity index (χ4v) is 2.84. The van der Waals surface area contributed by atoms with Crippen LogP contribution in [-0.2, 0) is 0 Å². The van der Waals surface area contributed by atoms with E-state index in [0.29, 0.717) is 23.9 Å². The molecular weight excluding hydrogens is 271 g/mol. The number of fused-ring (bicyclic) bond motifs is 1. The van der Waals surface area contributed by atoms with Crippen molar-refractivity contribution in [1.29, 1.82) is 0 Å². The molecule has 0 saturated carbocycles. The zero-order valence-electron chi connectivity index (χ0n) is 11.6. The first-order valence-corrected chi connectivity index (χ1v) is 7.16. The number of anilines is 1. The molecule has 2 aromatic rings. The molecule has 0 aliphatic carbocycles. The molecule has 0 amide bonds. The highest BCUT2D eigenvalue weighted by Gasteiger charge is 2.18. The van der Waals surface area contributed by atoms with E-state index in [4.69, 9.17) is 0 Å². The number of hydrogen-bond donors (Lipinski definition) is 1. The summed E-state index contributed by atoms with van der Waals surface area (Å²) in [6, 6.07) is 6.99. The SMILES string of the molecule is O=C(O)c1ccnc2ccc(N3CCCC[C@@H](F)C3)cc12. The van der Waals surface area contributed by atoms with Crippen molar-refractivity contribution in [2.24, 2.45) is 0 Å². The molecule has 1 fully saturated rings. The Labute approximate surface area is 122 Å². The van der Waals surface area contributed by atoms with E-state index in [2.05, 4.69) is 4.98 Å². The minimum Gasteiger partial charge on any atom is -0.478 e. The first-order chi connectivity index (χ1) is 10.1. The van der Waals surface area contributed by atoms with Crippen molar-refractivity contribution in [2.75, 3.05) is 18.0 Å². The van der Waals surface area contributed by atoms with Crippen LogP contribution in [0.2, 0.25) is 0 Å². The molecule has 1 saturated heterocycles. The monoisotopic (exact) mass is 288 g/mol. The first kappa shape index (κ1) is 13.8. The van der Waals surface area contributed by atoms with Crippen LogP contribution in [0.5, 0.6) is 0 Å². The Hall–Kier alpha value is -2.17. The second-order valence-electron chi connectivity index (χ2n) is 5.40. The van der Waals surface area contributed by atoms with Gasteiger partial charge in [0.15, 0.2) is 0 Å². The van der Waals surface area contributed by atoms with Crippen molar-refractivity contribution in [3.63, 3.8) is 0 Å². The number of rotatable bonds is 2. The van der Waals surface area contributed by atoms with Crippen LogP contribution in [0.4, 0.5) is 10.1 Å². The Morgan fingerprint density at radius 2 is 2.19 bits per heavy atom. The number of alkyl halides is 1. The van der Waals surface area contributed by atoms with Crippen LogP contribution in [0, 0.1) is 0 Å². The molecule has 3 rings (SSSR count). The summed E-state index contributed by atoms with van der Waals surface area (Å²) in [7, 11) is 0. The number of nitrogens with zero attached hydrogens (tertiary/aromatic N) is 2. The molecule has 0 unspecified atom stereocenters. The van der Waals surface area contributed by atoms with Gasteiger partial charge in [-0.15, -0.1) is 0 Å². The maximum Gasteiger partial charge on any atom is 0.336 e. The van der Waals surface area contributed by atoms with Gasteiger partial charge in [-0.1, -0.05) is 0 Å². The van der Waals surface area contributed by atoms with E-state index < -0.39 is 12.1 Å². The Kier molecular flexibility index (Phi) is 3.73. The molecule has 1 atom stereocenters. The summed E-state index contributed by atoms with van der Waals surface area (Å²) in [5.41, 5.74) is 1.74. The summed E-state index contributed by atoms with van der Waals surface area (Å²) < 4.78 is 13.8. The fraction of sp³-hybridized carbons (Fsp3) is 0.375. The van der Waals surface area contributed by atoms with Gasteiger partial charge in [-0.2, -0.15) is 0 Å². The van der Waals surface area contributed by atoms with Crippen LogP contribution in [0.15, 0.2) is 30.5 Å². The third-order valence-electron chi connectivity index (χ3n) is 3.93. The minimum atomic E-state index is -0.973. The van der Waals surface area contributed by atoms with Crippen LogP contribution in [0.1, 0.15) is 29.6 Å². The molecule has 2 heterocycles. The average Bonchev–Trinajstić information content (AvgIpc) is 2.70. The normalized spacial score (nSPS) is 19.5. The lowest BCUT2D eigenvalue weighted by Crippen LogP contribution is -2.28. The number of carbonyl (C=O) groups is 1. The molecule has 1 aliphatic heterocycles. The zero-order valence-corrected chi connectivity index (χ0v) is 11.6. The number of pyridine rings is 1. The van der Waals surface area contributed by atoms with E-state index in [9.17, 15) is 14.3 Å². The summed E-state index contributed by atoms with van der Waals surface area (Å²) >= 11 is 0. The number of aromatic nitrogens is 1. The fourth-order valence-electron chi connectivity index (χ4n) is 2.84. The van der Waals surface area contributed by atoms with E-state index in [1.54, 1.807) is 6.07 Å². The van der Waals surface area contributed by atoms with Gasteiger partial charge in [0.1, 0.15) is 6.17 Å². The molecule has 1 aromatic carbocycles. The average molecular weight is 288 g/mol. The predicted octanol–water partition coefficient (Wildman–Crippen LogP) is 3.26. The van der Waals surface area contributed by atoms with Gasteiger partial charge in [-0.25, -0.2) is 9.18 Å². The molecule has 0 bridgehead atoms. The van der Waals surface area contributed by atoms with Crippen LogP contribution in [0.25, 0.3) is 10.9 Å². The van der Waals surface area contributed by atoms with Gasteiger partial charge in [0.2, 0.25) is 0 Å². The molecule has 5 heteroatoms. The molecule has 4 nitrogen and oxygen atoms in total. The lowest BCUT2D eigenvalue weighted by atomic mass is 10.1. The van der Waals surface area contributed by atoms with Crippen molar-refractivity contribution in [3.05, 3.63) is 36.0 Å². The Morgan fingerprint density at radius 1 is 1.33 bits per heavy atom. The van der Waals surface area contributed by atoms with Gasteiger partial charge in [-0.05, 0) is 43.5 Å². The van der Waals surface area contributed by atoms with Gasteiger partial charge < -0.3 is 10.0 Å². The standard InChI is InChI=1S/C16H17FN2O2/c17-11-3-1-2-8-19(10-11)12-4-5-15-14(9-12)13(16(20)21)6-7-18-15/h4-7,9,11H,1-3,8,10H2,(H,20,21)/t11-/m1/s1. The van der Waals surface area contributed by atoms with Crippen LogP contribution < -0.4 is 4.90 Å². The van der Waals surface area contributed by atoms with Crippen molar-refractivity contribution in [2.45, 2.75) is 25.4 Å². The third kappa shape index (κ3) is 2.82. The van der Waals surface area contributed by atoms with Gasteiger partial charge in [0, 0.05) is 30.4 Å². The molecule has 21 heavy (non-hydrogen) atoms. The second kappa shape index (κ2) is 5.68. The van der Waals surface area contributed by atoms with Crippen LogP contribution >= 0.6 is 0 Å². The molecule has 110 valence electrons. The van der Waals surface area contributed by atoms with Crippen molar-refractivity contribution >= 4 is 22.6 Å². The first-order valence-electron chi connectivity index (χ1n) is 7.16. The van der Waals surface area contributed by atoms with Gasteiger partial charge in [0.25, 0.3) is 0 Å². The Morgan fingerprint density at radius 3 is 3.00 bits per heavy atom. The highest BCUT2D eigenvalue weighted by atomic mass is 19.1. The molecule has 1 aliphatic rings. The number of carboxylic acids is 1. The van der Waals surface area contributed by atoms with Crippen molar-refractivity contribution in [1.82, 2.24) is 4.98 Å². The maximum absolute atomic E-state index is 13.8. The van der Waals surface area contributed by atoms with Gasteiger partial charge in [-0.3, -0.25) is 4.98 Å². The third-order valence-corrected chi connectivity index (χ3v) is 3.93. The summed E-state index contributed by atoms with van der Waals surface area (Å²) in [6.45, 7) is 1.17. The van der Waals surface area contributed by atoms with E-state index in [0.717, 1.165) is 25.1 Å². The smallest absolute Gasteiger partial charge is 0.336 e. The lowest BCUT2D eigenvalue weighted by molar-refractivity contribution is 0.0699. The molecular formula is C16H17FN2O2. The highest BCUT2D eigenvalue weighted by molar-refractivity contribution is 6.03. The van der Waals surface area contributed by atoms with E-state index >= 15 is 0 Å². The number of hydrogen-bond acceptors (Lipinski definition) is 3. The number of halogens is 1. The summed E-state index contributed by atoms with van der Waals surface area (Å²) in [5, 5.41) is 9.87.